The van der Waals surface area contributed by atoms with Crippen LogP contribution in [0.15, 0.2) is 0 Å². The van der Waals surface area contributed by atoms with E-state index in [1.807, 2.05) is 48.5 Å². The van der Waals surface area contributed by atoms with Crippen LogP contribution in [0.2, 0.25) is 0 Å². The minimum atomic E-state index is -0.291. The first-order valence-corrected chi connectivity index (χ1v) is 27.1. The minimum Gasteiger partial charge on any atom is -0.466 e. The van der Waals surface area contributed by atoms with E-state index in [1.165, 1.54) is 77.0 Å². The molecule has 0 rings (SSSR count). The third kappa shape index (κ3) is 65.9. The standard InChI is InChI=1S/C18H36O2.3C13H26O2.5CH4/c1-6-18(19)20-14-13-17(5)12-8-11-16(4)10-7-9-15(2)3;1-6-11(3)9-8-10-13(4,5)15-12(14)7-2;1-6-12(14)15-13(5,7-2)10-8-9-11(3)4;1-5-13(14)15-10-9-12(4)8-6-7-11(2)3;;;;;/h15-17H,6-14H2,1-5H3;2*11H,6-10H2,1-5H3;11-12H,5-10H2,1-4H3;5*1H4. The van der Waals surface area contributed by atoms with Crippen LogP contribution < -0.4 is 0 Å². The van der Waals surface area contributed by atoms with Gasteiger partial charge in [-0.3, -0.25) is 19.2 Å². The number of hydrogen-bond acceptors (Lipinski definition) is 8. The number of ether oxygens (including phenoxy) is 4. The normalized spacial score (nSPS) is 13.0. The third-order valence-corrected chi connectivity index (χ3v) is 12.4. The summed E-state index contributed by atoms with van der Waals surface area (Å²) in [5, 5.41) is 0. The van der Waals surface area contributed by atoms with E-state index >= 15 is 0 Å². The van der Waals surface area contributed by atoms with Crippen molar-refractivity contribution in [3.05, 3.63) is 0 Å². The van der Waals surface area contributed by atoms with Gasteiger partial charge in [0.15, 0.2) is 0 Å². The van der Waals surface area contributed by atoms with Crippen LogP contribution in [0.25, 0.3) is 0 Å². The molecule has 0 saturated heterocycles. The number of hydrogen-bond donors (Lipinski definition) is 0. The van der Waals surface area contributed by atoms with Crippen LogP contribution in [-0.2, 0) is 38.1 Å². The lowest BCUT2D eigenvalue weighted by Crippen LogP contribution is -2.30. The molecule has 0 amide bonds. The van der Waals surface area contributed by atoms with Gasteiger partial charge in [0.05, 0.1) is 13.2 Å². The number of carbonyl (C=O) groups excluding carboxylic acids is 4. The smallest absolute Gasteiger partial charge is 0.306 e. The van der Waals surface area contributed by atoms with Crippen molar-refractivity contribution >= 4 is 23.9 Å². The maximum atomic E-state index is 11.3. The molecule has 8 nitrogen and oxygen atoms in total. The van der Waals surface area contributed by atoms with Crippen LogP contribution >= 0.6 is 0 Å². The molecule has 0 bridgehead atoms. The molecule has 5 atom stereocenters. The Morgan fingerprint density at radius 1 is 0.371 bits per heavy atom. The fraction of sp³-hybridized carbons (Fsp3) is 0.935. The summed E-state index contributed by atoms with van der Waals surface area (Å²) in [4.78, 5) is 44.3. The summed E-state index contributed by atoms with van der Waals surface area (Å²) in [6.45, 7) is 41.6. The molecule has 0 aliphatic heterocycles. The SMILES string of the molecule is C.C.C.C.C.CCC(=O)OC(C)(C)CCCC(C)CC.CCC(=O)OC(C)(CC)CCCC(C)C.CCC(=O)OCCC(C)CCCC(C)C.CCC(=O)OCCC(C)CCCC(C)CCCC(C)C. The molecule has 0 heterocycles. The van der Waals surface area contributed by atoms with Crippen LogP contribution in [0.4, 0.5) is 0 Å². The first kappa shape index (κ1) is 87.6. The fourth-order valence-electron chi connectivity index (χ4n) is 6.99. The quantitative estimate of drug-likeness (QED) is 0.0464. The second kappa shape index (κ2) is 56.2. The van der Waals surface area contributed by atoms with Crippen LogP contribution in [0.5, 0.6) is 0 Å². The Balaban J connectivity index is -0.0000000997. The molecule has 8 heteroatoms. The lowest BCUT2D eigenvalue weighted by molar-refractivity contribution is -0.159. The molecule has 5 unspecified atom stereocenters. The van der Waals surface area contributed by atoms with E-state index in [0.29, 0.717) is 50.7 Å². The van der Waals surface area contributed by atoms with Gasteiger partial charge in [-0.05, 0) is 107 Å². The molecule has 0 N–H and O–H groups in total. The van der Waals surface area contributed by atoms with Crippen LogP contribution in [0, 0.1) is 41.4 Å². The summed E-state index contributed by atoms with van der Waals surface area (Å²) in [6, 6.07) is 0. The molecule has 0 fully saturated rings. The topological polar surface area (TPSA) is 105 Å². The fourth-order valence-corrected chi connectivity index (χ4v) is 6.99. The lowest BCUT2D eigenvalue weighted by atomic mass is 9.93. The van der Waals surface area contributed by atoms with Gasteiger partial charge in [-0.15, -0.1) is 0 Å². The second-order valence-corrected chi connectivity index (χ2v) is 21.5. The molecule has 0 radical (unpaired) electrons. The van der Waals surface area contributed by atoms with E-state index in [0.717, 1.165) is 74.5 Å². The zero-order valence-corrected chi connectivity index (χ0v) is 47.0. The highest BCUT2D eigenvalue weighted by Crippen LogP contribution is 2.25. The van der Waals surface area contributed by atoms with E-state index in [9.17, 15) is 19.2 Å². The average molecular weight is 1010 g/mol. The lowest BCUT2D eigenvalue weighted by Gasteiger charge is -2.28. The van der Waals surface area contributed by atoms with Gasteiger partial charge >= 0.3 is 23.9 Å². The summed E-state index contributed by atoms with van der Waals surface area (Å²) < 4.78 is 21.0. The Labute approximate surface area is 442 Å². The second-order valence-electron chi connectivity index (χ2n) is 21.5. The Morgan fingerprint density at radius 2 is 0.671 bits per heavy atom. The molecule has 0 saturated carbocycles. The van der Waals surface area contributed by atoms with Crippen LogP contribution in [0.3, 0.4) is 0 Å². The summed E-state index contributed by atoms with van der Waals surface area (Å²) in [7, 11) is 0. The van der Waals surface area contributed by atoms with Crippen molar-refractivity contribution in [2.45, 2.75) is 328 Å². The van der Waals surface area contributed by atoms with Crippen molar-refractivity contribution < 1.29 is 38.1 Å². The molecule has 430 valence electrons. The molecule has 0 aromatic rings. The highest BCUT2D eigenvalue weighted by molar-refractivity contribution is 5.70. The third-order valence-electron chi connectivity index (χ3n) is 12.4. The average Bonchev–Trinajstić information content (AvgIpc) is 3.23. The van der Waals surface area contributed by atoms with Gasteiger partial charge < -0.3 is 18.9 Å². The van der Waals surface area contributed by atoms with Gasteiger partial charge in [0.2, 0.25) is 0 Å². The van der Waals surface area contributed by atoms with Crippen LogP contribution in [-0.4, -0.2) is 48.3 Å². The van der Waals surface area contributed by atoms with Gasteiger partial charge in [0, 0.05) is 25.7 Å². The first-order chi connectivity index (χ1) is 30.4. The zero-order chi connectivity index (χ0) is 50.9. The van der Waals surface area contributed by atoms with E-state index in [-0.39, 0.29) is 72.2 Å². The maximum absolute atomic E-state index is 11.3. The van der Waals surface area contributed by atoms with Gasteiger partial charge in [0.25, 0.3) is 0 Å². The van der Waals surface area contributed by atoms with Crippen LogP contribution in [0.1, 0.15) is 316 Å². The predicted octanol–water partition coefficient (Wildman–Crippen LogP) is 20.4. The summed E-state index contributed by atoms with van der Waals surface area (Å²) in [6.07, 6.45) is 24.6. The van der Waals surface area contributed by atoms with Gasteiger partial charge in [0.1, 0.15) is 11.2 Å². The molecular formula is C62H134O8. The summed E-state index contributed by atoms with van der Waals surface area (Å²) in [5.74, 6) is 5.03. The first-order valence-electron chi connectivity index (χ1n) is 27.1. The molecule has 70 heavy (non-hydrogen) atoms. The molecule has 0 aliphatic carbocycles. The van der Waals surface area contributed by atoms with E-state index < -0.39 is 0 Å². The summed E-state index contributed by atoms with van der Waals surface area (Å²) in [5.41, 5.74) is -0.539. The maximum Gasteiger partial charge on any atom is 0.306 e. The predicted molar refractivity (Wildman–Crippen MR) is 312 cm³/mol. The molecule has 0 aliphatic rings. The molecule has 0 aromatic heterocycles. The van der Waals surface area contributed by atoms with Crippen molar-refractivity contribution in [1.82, 2.24) is 0 Å². The van der Waals surface area contributed by atoms with E-state index in [4.69, 9.17) is 18.9 Å². The number of carbonyl (C=O) groups is 4. The monoisotopic (exact) mass is 1010 g/mol. The van der Waals surface area contributed by atoms with Crippen molar-refractivity contribution in [1.29, 1.82) is 0 Å². The van der Waals surface area contributed by atoms with E-state index in [2.05, 4.69) is 83.1 Å². The molecule has 0 spiro atoms. The van der Waals surface area contributed by atoms with Gasteiger partial charge in [-0.2, -0.15) is 0 Å². The molecule has 0 aromatic carbocycles. The Morgan fingerprint density at radius 3 is 1.00 bits per heavy atom. The van der Waals surface area contributed by atoms with Gasteiger partial charge in [-0.25, -0.2) is 0 Å². The Bertz CT molecular complexity index is 1120. The Kier molecular flexibility index (Phi) is 70.3. The number of rotatable bonds is 34. The van der Waals surface area contributed by atoms with Gasteiger partial charge in [-0.1, -0.05) is 225 Å². The largest absolute Gasteiger partial charge is 0.466 e. The number of esters is 4. The van der Waals surface area contributed by atoms with Crippen molar-refractivity contribution in [3.63, 3.8) is 0 Å². The minimum absolute atomic E-state index is 0. The molecular weight excluding hydrogens is 873 g/mol. The van der Waals surface area contributed by atoms with Crippen molar-refractivity contribution in [3.8, 4) is 0 Å². The van der Waals surface area contributed by atoms with Crippen molar-refractivity contribution in [2.24, 2.45) is 41.4 Å². The van der Waals surface area contributed by atoms with E-state index in [1.54, 1.807) is 0 Å². The highest BCUT2D eigenvalue weighted by Gasteiger charge is 2.26. The Hall–Kier alpha value is -2.12. The zero-order valence-electron chi connectivity index (χ0n) is 47.0. The highest BCUT2D eigenvalue weighted by atomic mass is 16.6. The van der Waals surface area contributed by atoms with Crippen molar-refractivity contribution in [2.75, 3.05) is 13.2 Å². The summed E-state index contributed by atoms with van der Waals surface area (Å²) >= 11 is 0.